The van der Waals surface area contributed by atoms with Crippen molar-refractivity contribution in [3.63, 3.8) is 0 Å². The summed E-state index contributed by atoms with van der Waals surface area (Å²) in [5.74, 6) is 2.46. The van der Waals surface area contributed by atoms with E-state index in [2.05, 4.69) is 90.3 Å². The maximum Gasteiger partial charge on any atom is 0.0455 e. The van der Waals surface area contributed by atoms with E-state index in [1.165, 1.54) is 40.7 Å². The Labute approximate surface area is 209 Å². The molecule has 0 bridgehead atoms. The number of benzene rings is 1. The Bertz CT molecular complexity index is 972. The van der Waals surface area contributed by atoms with Crippen LogP contribution in [0.4, 0.5) is 0 Å². The fraction of sp³-hybridized carbons (Fsp3) is 0.515. The molecule has 0 saturated heterocycles. The lowest BCUT2D eigenvalue weighted by Gasteiger charge is -2.41. The zero-order chi connectivity index (χ0) is 24.9. The van der Waals surface area contributed by atoms with Crippen molar-refractivity contribution >= 4 is 0 Å². The second-order valence-corrected chi connectivity index (χ2v) is 11.3. The lowest BCUT2D eigenvalue weighted by atomic mass is 9.68. The number of rotatable bonds is 10. The van der Waals surface area contributed by atoms with Crippen LogP contribution in [0.25, 0.3) is 0 Å². The van der Waals surface area contributed by atoms with E-state index in [0.717, 1.165) is 32.1 Å². The minimum absolute atomic E-state index is 0.317. The van der Waals surface area contributed by atoms with Crippen molar-refractivity contribution in [2.24, 2.45) is 29.4 Å². The average Bonchev–Trinajstić information content (AvgIpc) is 3.28. The van der Waals surface area contributed by atoms with Crippen LogP contribution >= 0.6 is 0 Å². The first kappa shape index (κ1) is 26.5. The summed E-state index contributed by atoms with van der Waals surface area (Å²) in [7, 11) is 0. The van der Waals surface area contributed by atoms with Gasteiger partial charge in [-0.15, -0.1) is 0 Å². The Morgan fingerprint density at radius 2 is 1.94 bits per heavy atom. The van der Waals surface area contributed by atoms with Gasteiger partial charge in [0.05, 0.1) is 0 Å². The van der Waals surface area contributed by atoms with Crippen LogP contribution in [0.3, 0.4) is 0 Å². The van der Waals surface area contributed by atoms with Gasteiger partial charge in [0.25, 0.3) is 0 Å². The molecular formula is C33H47N. The number of hydrogen-bond acceptors (Lipinski definition) is 1. The van der Waals surface area contributed by atoms with Crippen LogP contribution in [0.1, 0.15) is 84.3 Å². The second-order valence-electron chi connectivity index (χ2n) is 11.3. The summed E-state index contributed by atoms with van der Waals surface area (Å²) in [5, 5.41) is 0. The lowest BCUT2D eigenvalue weighted by Crippen LogP contribution is -2.43. The van der Waals surface area contributed by atoms with Crippen LogP contribution < -0.4 is 5.73 Å². The van der Waals surface area contributed by atoms with Crippen LogP contribution in [-0.4, -0.2) is 0 Å². The molecule has 3 rings (SSSR count). The molecule has 1 heteroatoms. The normalized spacial score (nSPS) is 26.3. The predicted octanol–water partition coefficient (Wildman–Crippen LogP) is 8.84. The highest BCUT2D eigenvalue weighted by atomic mass is 14.8. The van der Waals surface area contributed by atoms with E-state index in [1.54, 1.807) is 5.57 Å². The van der Waals surface area contributed by atoms with Gasteiger partial charge in [-0.1, -0.05) is 100 Å². The van der Waals surface area contributed by atoms with Crippen molar-refractivity contribution in [2.75, 3.05) is 0 Å². The summed E-state index contributed by atoms with van der Waals surface area (Å²) in [4.78, 5) is 0. The van der Waals surface area contributed by atoms with Crippen molar-refractivity contribution in [3.8, 4) is 0 Å². The van der Waals surface area contributed by atoms with Crippen LogP contribution in [0, 0.1) is 23.7 Å². The molecule has 34 heavy (non-hydrogen) atoms. The first-order valence-electron chi connectivity index (χ1n) is 13.4. The van der Waals surface area contributed by atoms with Gasteiger partial charge in [0.15, 0.2) is 0 Å². The molecule has 0 fully saturated rings. The third-order valence-corrected chi connectivity index (χ3v) is 8.42. The number of allylic oxidation sites excluding steroid dienone is 7. The molecular weight excluding hydrogens is 410 g/mol. The van der Waals surface area contributed by atoms with E-state index in [0.29, 0.717) is 23.7 Å². The molecule has 1 nitrogen and oxygen atoms in total. The molecule has 0 saturated carbocycles. The Morgan fingerprint density at radius 3 is 2.56 bits per heavy atom. The highest BCUT2D eigenvalue weighted by molar-refractivity contribution is 5.41. The van der Waals surface area contributed by atoms with Gasteiger partial charge < -0.3 is 5.73 Å². The minimum Gasteiger partial charge on any atom is -0.321 e. The summed E-state index contributed by atoms with van der Waals surface area (Å²) in [6.45, 7) is 19.6. The predicted molar refractivity (Wildman–Crippen MR) is 150 cm³/mol. The van der Waals surface area contributed by atoms with Gasteiger partial charge in [-0.3, -0.25) is 0 Å². The third kappa shape index (κ3) is 6.11. The SMILES string of the molecule is C=C/C=C(C)\C(=C/CC(C1=CCC(C(=C)C)C1)C(C)C)CC1(N)CC(CC)Cc2ccccc21. The Morgan fingerprint density at radius 1 is 1.21 bits per heavy atom. The molecule has 0 aliphatic heterocycles. The van der Waals surface area contributed by atoms with Gasteiger partial charge in [0.1, 0.15) is 0 Å². The molecule has 4 unspecified atom stereocenters. The van der Waals surface area contributed by atoms with Crippen molar-refractivity contribution < 1.29 is 0 Å². The highest BCUT2D eigenvalue weighted by Crippen LogP contribution is 2.43. The summed E-state index contributed by atoms with van der Waals surface area (Å²) in [5.41, 5.74) is 15.4. The minimum atomic E-state index is -0.317. The van der Waals surface area contributed by atoms with Crippen molar-refractivity contribution in [2.45, 2.75) is 85.1 Å². The van der Waals surface area contributed by atoms with Gasteiger partial charge in [0, 0.05) is 5.54 Å². The van der Waals surface area contributed by atoms with E-state index in [9.17, 15) is 0 Å². The first-order valence-corrected chi connectivity index (χ1v) is 13.4. The first-order chi connectivity index (χ1) is 16.2. The van der Waals surface area contributed by atoms with Crippen molar-refractivity contribution in [3.05, 3.63) is 95.1 Å². The number of hydrogen-bond donors (Lipinski definition) is 1. The van der Waals surface area contributed by atoms with E-state index >= 15 is 0 Å². The van der Waals surface area contributed by atoms with E-state index < -0.39 is 0 Å². The zero-order valence-electron chi connectivity index (χ0n) is 22.4. The zero-order valence-corrected chi connectivity index (χ0v) is 22.4. The standard InChI is InChI=1S/C33H47N/c1-8-12-25(7)30(17-18-31(24(5)6)28-16-15-27(20-28)23(3)4)22-33(34)21-26(9-2)19-29-13-10-11-14-32(29)33/h8,10-14,16-17,24,26-27,31H,1,3,9,15,18-22,34H2,2,4-7H3/b25-12-,30-17-. The Balaban J connectivity index is 1.91. The summed E-state index contributed by atoms with van der Waals surface area (Å²) < 4.78 is 0. The maximum absolute atomic E-state index is 7.30. The molecule has 4 atom stereocenters. The largest absolute Gasteiger partial charge is 0.321 e. The fourth-order valence-corrected chi connectivity index (χ4v) is 6.19. The summed E-state index contributed by atoms with van der Waals surface area (Å²) in [6, 6.07) is 8.87. The van der Waals surface area contributed by atoms with Gasteiger partial charge in [-0.25, -0.2) is 0 Å². The molecule has 0 spiro atoms. The molecule has 184 valence electrons. The molecule has 0 amide bonds. The van der Waals surface area contributed by atoms with Crippen LogP contribution in [0.15, 0.2) is 84.0 Å². The van der Waals surface area contributed by atoms with Gasteiger partial charge in [-0.05, 0) is 98.3 Å². The number of fused-ring (bicyclic) bond motifs is 1. The molecule has 0 aromatic heterocycles. The smallest absolute Gasteiger partial charge is 0.0455 e. The van der Waals surface area contributed by atoms with E-state index in [1.807, 2.05) is 6.08 Å². The molecule has 2 N–H and O–H groups in total. The average molecular weight is 458 g/mol. The monoisotopic (exact) mass is 457 g/mol. The summed E-state index contributed by atoms with van der Waals surface area (Å²) >= 11 is 0. The molecule has 1 aromatic rings. The molecule has 2 aliphatic rings. The highest BCUT2D eigenvalue weighted by Gasteiger charge is 2.37. The molecule has 0 heterocycles. The van der Waals surface area contributed by atoms with E-state index in [4.69, 9.17) is 5.73 Å². The van der Waals surface area contributed by atoms with Crippen molar-refractivity contribution in [1.82, 2.24) is 0 Å². The molecule has 1 aromatic carbocycles. The van der Waals surface area contributed by atoms with Crippen molar-refractivity contribution in [1.29, 1.82) is 0 Å². The van der Waals surface area contributed by atoms with Gasteiger partial charge in [0.2, 0.25) is 0 Å². The van der Waals surface area contributed by atoms with E-state index in [-0.39, 0.29) is 5.54 Å². The van der Waals surface area contributed by atoms with Gasteiger partial charge in [-0.2, -0.15) is 0 Å². The van der Waals surface area contributed by atoms with Crippen LogP contribution in [0.2, 0.25) is 0 Å². The summed E-state index contributed by atoms with van der Waals surface area (Å²) in [6.07, 6.45) is 16.7. The fourth-order valence-electron chi connectivity index (χ4n) is 6.19. The Hall–Kier alpha value is -2.12. The van der Waals surface area contributed by atoms with Crippen LogP contribution in [-0.2, 0) is 12.0 Å². The third-order valence-electron chi connectivity index (χ3n) is 8.42. The second kappa shape index (κ2) is 11.5. The van der Waals surface area contributed by atoms with Crippen LogP contribution in [0.5, 0.6) is 0 Å². The molecule has 0 radical (unpaired) electrons. The topological polar surface area (TPSA) is 26.0 Å². The quantitative estimate of drug-likeness (QED) is 0.275. The molecule has 2 aliphatic carbocycles. The van der Waals surface area contributed by atoms with Gasteiger partial charge >= 0.3 is 0 Å². The maximum atomic E-state index is 7.30. The number of nitrogens with two attached hydrogens (primary N) is 1. The lowest BCUT2D eigenvalue weighted by molar-refractivity contribution is 0.284. The Kier molecular flexibility index (Phi) is 8.99.